The molecule has 0 aliphatic carbocycles. The van der Waals surface area contributed by atoms with Gasteiger partial charge in [-0.1, -0.05) is 35.9 Å². The summed E-state index contributed by atoms with van der Waals surface area (Å²) < 4.78 is 29.1. The first-order chi connectivity index (χ1) is 15.6. The van der Waals surface area contributed by atoms with Gasteiger partial charge in [-0.3, -0.25) is 4.79 Å². The average Bonchev–Trinajstić information content (AvgIpc) is 3.00. The Morgan fingerprint density at radius 1 is 1.06 bits per heavy atom. The van der Waals surface area contributed by atoms with Crippen LogP contribution in [0.5, 0.6) is 0 Å². The number of hydrogen-bond donors (Lipinski definition) is 2. The van der Waals surface area contributed by atoms with E-state index in [1.165, 1.54) is 0 Å². The highest BCUT2D eigenvalue weighted by Gasteiger charge is 2.18. The molecule has 1 heterocycles. The molecule has 0 atom stereocenters. The smallest absolute Gasteiger partial charge is 0.224 e. The zero-order chi connectivity index (χ0) is 24.2. The lowest BCUT2D eigenvalue weighted by atomic mass is 10.1. The van der Waals surface area contributed by atoms with Crippen LogP contribution in [0.1, 0.15) is 41.9 Å². The summed E-state index contributed by atoms with van der Waals surface area (Å²) in [6, 6.07) is 14.4. The standard InChI is InChI=1S/C24H29ClN4O3S/c1-16(2)28-33(31,32)15-20-8-6-5-7-19(20)14-26-24(30)13-23-17(3)27-29(18(23)4)22-11-9-21(25)10-12-22/h5-12,16,28H,13-15H2,1-4H3,(H,26,30). The van der Waals surface area contributed by atoms with Gasteiger partial charge in [0.15, 0.2) is 0 Å². The highest BCUT2D eigenvalue weighted by atomic mass is 35.5. The first-order valence-electron chi connectivity index (χ1n) is 10.7. The molecule has 2 aromatic carbocycles. The fraction of sp³-hybridized carbons (Fsp3) is 0.333. The van der Waals surface area contributed by atoms with Crippen molar-refractivity contribution in [2.45, 2.75) is 52.5 Å². The van der Waals surface area contributed by atoms with Crippen molar-refractivity contribution in [3.63, 3.8) is 0 Å². The molecule has 0 radical (unpaired) electrons. The van der Waals surface area contributed by atoms with Gasteiger partial charge in [-0.2, -0.15) is 5.10 Å². The number of halogens is 1. The molecule has 176 valence electrons. The minimum atomic E-state index is -3.46. The van der Waals surface area contributed by atoms with Gasteiger partial charge in [0.2, 0.25) is 15.9 Å². The minimum Gasteiger partial charge on any atom is -0.352 e. The summed E-state index contributed by atoms with van der Waals surface area (Å²) in [5.74, 6) is -0.293. The third-order valence-electron chi connectivity index (χ3n) is 5.20. The fourth-order valence-corrected chi connectivity index (χ4v) is 5.28. The average molecular weight is 489 g/mol. The number of carbonyl (C=O) groups excluding carboxylic acids is 1. The van der Waals surface area contributed by atoms with Crippen molar-refractivity contribution in [3.05, 3.63) is 81.6 Å². The number of aromatic nitrogens is 2. The molecule has 33 heavy (non-hydrogen) atoms. The van der Waals surface area contributed by atoms with E-state index >= 15 is 0 Å². The summed E-state index contributed by atoms with van der Waals surface area (Å²) in [6.07, 6.45) is 0.181. The Hall–Kier alpha value is -2.68. The molecule has 0 unspecified atom stereocenters. The molecule has 1 aromatic heterocycles. The Morgan fingerprint density at radius 3 is 2.33 bits per heavy atom. The maximum Gasteiger partial charge on any atom is 0.224 e. The van der Waals surface area contributed by atoms with Gasteiger partial charge < -0.3 is 5.32 Å². The lowest BCUT2D eigenvalue weighted by molar-refractivity contribution is -0.120. The number of rotatable bonds is 9. The van der Waals surface area contributed by atoms with E-state index in [9.17, 15) is 13.2 Å². The number of sulfonamides is 1. The van der Waals surface area contributed by atoms with E-state index < -0.39 is 10.0 Å². The van der Waals surface area contributed by atoms with Crippen LogP contribution in [0.4, 0.5) is 0 Å². The summed E-state index contributed by atoms with van der Waals surface area (Å²) in [5.41, 5.74) is 4.83. The Labute approximate surface area is 200 Å². The lowest BCUT2D eigenvalue weighted by Crippen LogP contribution is -2.32. The molecular formula is C24H29ClN4O3S. The number of hydrogen-bond acceptors (Lipinski definition) is 4. The minimum absolute atomic E-state index is 0.136. The summed E-state index contributed by atoms with van der Waals surface area (Å²) in [7, 11) is -3.46. The maximum atomic E-state index is 12.7. The van der Waals surface area contributed by atoms with Crippen molar-refractivity contribution >= 4 is 27.5 Å². The molecule has 0 spiro atoms. The monoisotopic (exact) mass is 488 g/mol. The largest absolute Gasteiger partial charge is 0.352 e. The van der Waals surface area contributed by atoms with Crippen LogP contribution in [0.2, 0.25) is 5.02 Å². The number of nitrogens with one attached hydrogen (secondary N) is 2. The molecule has 9 heteroatoms. The first kappa shape index (κ1) is 25.0. The Bertz CT molecular complexity index is 1240. The second-order valence-electron chi connectivity index (χ2n) is 8.29. The van der Waals surface area contributed by atoms with Gasteiger partial charge in [-0.25, -0.2) is 17.8 Å². The predicted molar refractivity (Wildman–Crippen MR) is 131 cm³/mol. The quantitative estimate of drug-likeness (QED) is 0.478. The zero-order valence-corrected chi connectivity index (χ0v) is 20.8. The van der Waals surface area contributed by atoms with Gasteiger partial charge in [0.05, 0.1) is 23.6 Å². The van der Waals surface area contributed by atoms with E-state index in [-0.39, 0.29) is 30.7 Å². The highest BCUT2D eigenvalue weighted by Crippen LogP contribution is 2.20. The zero-order valence-electron chi connectivity index (χ0n) is 19.2. The van der Waals surface area contributed by atoms with E-state index in [1.54, 1.807) is 42.8 Å². The van der Waals surface area contributed by atoms with Crippen LogP contribution >= 0.6 is 11.6 Å². The summed E-state index contributed by atoms with van der Waals surface area (Å²) >= 11 is 5.98. The molecule has 0 saturated carbocycles. The molecule has 0 fully saturated rings. The molecule has 0 saturated heterocycles. The van der Waals surface area contributed by atoms with Crippen LogP contribution in [0.15, 0.2) is 48.5 Å². The highest BCUT2D eigenvalue weighted by molar-refractivity contribution is 7.88. The molecule has 2 N–H and O–H groups in total. The Morgan fingerprint density at radius 2 is 1.70 bits per heavy atom. The number of aryl methyl sites for hydroxylation is 1. The van der Waals surface area contributed by atoms with E-state index in [4.69, 9.17) is 11.6 Å². The number of benzene rings is 2. The summed E-state index contributed by atoms with van der Waals surface area (Å²) in [4.78, 5) is 12.7. The fourth-order valence-electron chi connectivity index (χ4n) is 3.66. The maximum absolute atomic E-state index is 12.7. The first-order valence-corrected chi connectivity index (χ1v) is 12.7. The van der Waals surface area contributed by atoms with E-state index in [2.05, 4.69) is 15.1 Å². The molecule has 0 aliphatic heterocycles. The van der Waals surface area contributed by atoms with E-state index in [0.717, 1.165) is 28.2 Å². The van der Waals surface area contributed by atoms with Crippen molar-refractivity contribution in [2.24, 2.45) is 0 Å². The molecule has 0 aliphatic rings. The molecule has 3 aromatic rings. The number of nitrogens with zero attached hydrogens (tertiary/aromatic N) is 2. The van der Waals surface area contributed by atoms with Crippen LogP contribution in [0.25, 0.3) is 5.69 Å². The molecular weight excluding hydrogens is 460 g/mol. The third-order valence-corrected chi connectivity index (χ3v) is 6.98. The van der Waals surface area contributed by atoms with Gasteiger partial charge in [0.1, 0.15) is 0 Å². The van der Waals surface area contributed by atoms with Crippen molar-refractivity contribution in [1.82, 2.24) is 19.8 Å². The van der Waals surface area contributed by atoms with Gasteiger partial charge in [-0.05, 0) is 63.1 Å². The van der Waals surface area contributed by atoms with Crippen LogP contribution in [-0.4, -0.2) is 30.1 Å². The lowest BCUT2D eigenvalue weighted by Gasteiger charge is -2.13. The third kappa shape index (κ3) is 6.66. The van der Waals surface area contributed by atoms with Crippen molar-refractivity contribution in [1.29, 1.82) is 0 Å². The molecule has 1 amide bonds. The van der Waals surface area contributed by atoms with Crippen molar-refractivity contribution in [2.75, 3.05) is 0 Å². The van der Waals surface area contributed by atoms with Crippen LogP contribution in [0, 0.1) is 13.8 Å². The molecule has 3 rings (SSSR count). The number of amides is 1. The summed E-state index contributed by atoms with van der Waals surface area (Å²) in [5, 5.41) is 8.14. The SMILES string of the molecule is Cc1nn(-c2ccc(Cl)cc2)c(C)c1CC(=O)NCc1ccccc1CS(=O)(=O)NC(C)C. The topological polar surface area (TPSA) is 93.1 Å². The van der Waals surface area contributed by atoms with Gasteiger partial charge in [-0.15, -0.1) is 0 Å². The Balaban J connectivity index is 1.69. The molecule has 7 nitrogen and oxygen atoms in total. The predicted octanol–water partition coefficient (Wildman–Crippen LogP) is 3.83. The number of carbonyl (C=O) groups is 1. The van der Waals surface area contributed by atoms with Gasteiger partial charge >= 0.3 is 0 Å². The van der Waals surface area contributed by atoms with Crippen molar-refractivity contribution in [3.8, 4) is 5.69 Å². The van der Waals surface area contributed by atoms with Crippen LogP contribution in [-0.2, 0) is 33.5 Å². The van der Waals surface area contributed by atoms with Gasteiger partial charge in [0.25, 0.3) is 0 Å². The van der Waals surface area contributed by atoms with E-state index in [1.807, 2.05) is 38.1 Å². The van der Waals surface area contributed by atoms with E-state index in [0.29, 0.717) is 10.6 Å². The van der Waals surface area contributed by atoms with Crippen molar-refractivity contribution < 1.29 is 13.2 Å². The van der Waals surface area contributed by atoms with Crippen LogP contribution in [0.3, 0.4) is 0 Å². The molecule has 0 bridgehead atoms. The summed E-state index contributed by atoms with van der Waals surface area (Å²) in [6.45, 7) is 7.62. The second-order valence-corrected chi connectivity index (χ2v) is 10.5. The van der Waals surface area contributed by atoms with Gasteiger partial charge in [0, 0.05) is 28.9 Å². The second kappa shape index (κ2) is 10.5. The Kier molecular flexibility index (Phi) is 7.94. The normalized spacial score (nSPS) is 11.7. The van der Waals surface area contributed by atoms with Crippen LogP contribution < -0.4 is 10.0 Å².